The lowest BCUT2D eigenvalue weighted by atomic mass is 10.2. The Morgan fingerprint density at radius 3 is 2.33 bits per heavy atom. The Balaban J connectivity index is 1.56. The zero-order valence-electron chi connectivity index (χ0n) is 14.4. The van der Waals surface area contributed by atoms with E-state index in [4.69, 9.17) is 0 Å². The molecule has 1 aromatic carbocycles. The summed E-state index contributed by atoms with van der Waals surface area (Å²) in [5, 5.41) is 11.7. The average Bonchev–Trinajstić information content (AvgIpc) is 3.01. The van der Waals surface area contributed by atoms with E-state index < -0.39 is 22.2 Å². The van der Waals surface area contributed by atoms with Crippen molar-refractivity contribution in [2.75, 3.05) is 36.0 Å². The Morgan fingerprint density at radius 1 is 1.07 bits per heavy atom. The summed E-state index contributed by atoms with van der Waals surface area (Å²) in [6.45, 7) is 3.81. The number of fused-ring (bicyclic) bond motifs is 1. The van der Waals surface area contributed by atoms with E-state index >= 15 is 0 Å². The monoisotopic (exact) mass is 391 g/mol. The molecule has 0 radical (unpaired) electrons. The molecule has 140 valence electrons. The molecule has 7 nitrogen and oxygen atoms in total. The van der Waals surface area contributed by atoms with Crippen molar-refractivity contribution in [2.24, 2.45) is 0 Å². The first kappa shape index (κ1) is 17.5. The number of non-ortho nitro benzene ring substituents is 1. The zero-order chi connectivity index (χ0) is 19.1. The van der Waals surface area contributed by atoms with Crippen LogP contribution in [0.3, 0.4) is 0 Å². The van der Waals surface area contributed by atoms with Crippen LogP contribution in [0.2, 0.25) is 0 Å². The summed E-state index contributed by atoms with van der Waals surface area (Å²) in [4.78, 5) is 24.3. The van der Waals surface area contributed by atoms with Crippen molar-refractivity contribution in [3.8, 4) is 0 Å². The van der Waals surface area contributed by atoms with E-state index in [0.717, 1.165) is 33.0 Å². The van der Waals surface area contributed by atoms with Crippen LogP contribution in [0.5, 0.6) is 0 Å². The second kappa shape index (κ2) is 6.69. The number of anilines is 2. The molecule has 1 aliphatic rings. The molecule has 3 heterocycles. The Bertz CT molecular complexity index is 1010. The second-order valence-electron chi connectivity index (χ2n) is 6.26. The number of piperazine rings is 1. The van der Waals surface area contributed by atoms with Gasteiger partial charge in [-0.1, -0.05) is 0 Å². The molecular weight excluding hydrogens is 376 g/mol. The third kappa shape index (κ3) is 3.16. The van der Waals surface area contributed by atoms with Crippen molar-refractivity contribution in [1.82, 2.24) is 9.97 Å². The molecule has 4 rings (SSSR count). The van der Waals surface area contributed by atoms with Crippen molar-refractivity contribution < 1.29 is 13.7 Å². The van der Waals surface area contributed by atoms with Gasteiger partial charge < -0.3 is 9.80 Å². The quantitative estimate of drug-likeness (QED) is 0.502. The van der Waals surface area contributed by atoms with Crippen LogP contribution in [0, 0.1) is 28.7 Å². The second-order valence-corrected chi connectivity index (χ2v) is 7.50. The maximum absolute atomic E-state index is 14.3. The zero-order valence-corrected chi connectivity index (χ0v) is 15.2. The number of hydrogen-bond acceptors (Lipinski definition) is 7. The van der Waals surface area contributed by atoms with Gasteiger partial charge in [0.1, 0.15) is 22.7 Å². The van der Waals surface area contributed by atoms with Crippen molar-refractivity contribution in [3.05, 3.63) is 51.2 Å². The first-order chi connectivity index (χ1) is 12.9. The summed E-state index contributed by atoms with van der Waals surface area (Å²) < 4.78 is 28.5. The molecular formula is C17H15F2N5O2S. The highest BCUT2D eigenvalue weighted by Crippen LogP contribution is 2.32. The molecule has 0 aliphatic carbocycles. The van der Waals surface area contributed by atoms with Gasteiger partial charge in [0.2, 0.25) is 0 Å². The van der Waals surface area contributed by atoms with Gasteiger partial charge in [0.15, 0.2) is 11.6 Å². The van der Waals surface area contributed by atoms with Gasteiger partial charge >= 0.3 is 0 Å². The minimum Gasteiger partial charge on any atom is -0.363 e. The van der Waals surface area contributed by atoms with E-state index in [1.165, 1.54) is 6.33 Å². The standard InChI is InChI=1S/C17H15F2N5O2S/c1-10-6-12-16(20-9-21-17(12)27-10)23-4-2-22(3-5-23)15-13(18)7-11(24(25)26)8-14(15)19/h6-9H,2-5H2,1H3. The van der Waals surface area contributed by atoms with Crippen LogP contribution >= 0.6 is 11.3 Å². The van der Waals surface area contributed by atoms with Crippen LogP contribution in [0.1, 0.15) is 4.88 Å². The lowest BCUT2D eigenvalue weighted by Gasteiger charge is -2.37. The van der Waals surface area contributed by atoms with Crippen LogP contribution in [0.25, 0.3) is 10.2 Å². The van der Waals surface area contributed by atoms with Crippen LogP contribution in [0.15, 0.2) is 24.5 Å². The fraction of sp³-hybridized carbons (Fsp3) is 0.294. The van der Waals surface area contributed by atoms with Crippen LogP contribution < -0.4 is 9.80 Å². The number of benzene rings is 1. The first-order valence-corrected chi connectivity index (χ1v) is 9.10. The fourth-order valence-corrected chi connectivity index (χ4v) is 4.16. The number of hydrogen-bond donors (Lipinski definition) is 0. The lowest BCUT2D eigenvalue weighted by Crippen LogP contribution is -2.47. The molecule has 0 atom stereocenters. The summed E-state index contributed by atoms with van der Waals surface area (Å²) in [5.74, 6) is -1.03. The van der Waals surface area contributed by atoms with Gasteiger partial charge in [0.05, 0.1) is 22.4 Å². The Hall–Kier alpha value is -2.88. The Labute approximate surface area is 157 Å². The van der Waals surface area contributed by atoms with Crippen molar-refractivity contribution >= 4 is 38.7 Å². The molecule has 0 unspecified atom stereocenters. The predicted octanol–water partition coefficient (Wildman–Crippen LogP) is 3.51. The van der Waals surface area contributed by atoms with Crippen molar-refractivity contribution in [3.63, 3.8) is 0 Å². The predicted molar refractivity (Wildman–Crippen MR) is 99.6 cm³/mol. The smallest absolute Gasteiger partial charge is 0.275 e. The molecule has 0 amide bonds. The molecule has 0 spiro atoms. The van der Waals surface area contributed by atoms with Gasteiger partial charge in [-0.3, -0.25) is 10.1 Å². The molecule has 1 saturated heterocycles. The van der Waals surface area contributed by atoms with E-state index in [2.05, 4.69) is 14.9 Å². The highest BCUT2D eigenvalue weighted by Gasteiger charge is 2.26. The van der Waals surface area contributed by atoms with E-state index in [1.54, 1.807) is 16.2 Å². The topological polar surface area (TPSA) is 75.4 Å². The van der Waals surface area contributed by atoms with E-state index in [1.807, 2.05) is 13.0 Å². The number of thiophene rings is 1. The first-order valence-electron chi connectivity index (χ1n) is 8.28. The number of nitro groups is 1. The normalized spacial score (nSPS) is 14.8. The van der Waals surface area contributed by atoms with Gasteiger partial charge in [0, 0.05) is 31.1 Å². The summed E-state index contributed by atoms with van der Waals surface area (Å²) in [6.07, 6.45) is 1.52. The molecule has 2 aromatic heterocycles. The largest absolute Gasteiger partial charge is 0.363 e. The van der Waals surface area contributed by atoms with Gasteiger partial charge in [-0.2, -0.15) is 0 Å². The van der Waals surface area contributed by atoms with Gasteiger partial charge in [-0.15, -0.1) is 11.3 Å². The van der Waals surface area contributed by atoms with Crippen LogP contribution in [0.4, 0.5) is 26.0 Å². The van der Waals surface area contributed by atoms with E-state index in [9.17, 15) is 18.9 Å². The number of rotatable bonds is 3. The number of nitro benzene ring substituents is 1. The molecule has 10 heteroatoms. The molecule has 3 aromatic rings. The number of aryl methyl sites for hydroxylation is 1. The molecule has 1 fully saturated rings. The maximum atomic E-state index is 14.3. The third-order valence-electron chi connectivity index (χ3n) is 4.54. The van der Waals surface area contributed by atoms with Gasteiger partial charge in [0.25, 0.3) is 5.69 Å². The van der Waals surface area contributed by atoms with Gasteiger partial charge in [-0.25, -0.2) is 18.7 Å². The molecule has 0 N–H and O–H groups in total. The van der Waals surface area contributed by atoms with E-state index in [-0.39, 0.29) is 5.69 Å². The molecule has 0 bridgehead atoms. The average molecular weight is 391 g/mol. The third-order valence-corrected chi connectivity index (χ3v) is 5.50. The maximum Gasteiger partial charge on any atom is 0.275 e. The molecule has 1 aliphatic heterocycles. The molecule has 27 heavy (non-hydrogen) atoms. The Morgan fingerprint density at radius 2 is 1.70 bits per heavy atom. The number of halogens is 2. The van der Waals surface area contributed by atoms with Crippen molar-refractivity contribution in [1.29, 1.82) is 0 Å². The van der Waals surface area contributed by atoms with Crippen molar-refractivity contribution in [2.45, 2.75) is 6.92 Å². The molecule has 0 saturated carbocycles. The SMILES string of the molecule is Cc1cc2c(N3CCN(c4c(F)cc([N+](=O)[O-])cc4F)CC3)ncnc2s1. The summed E-state index contributed by atoms with van der Waals surface area (Å²) >= 11 is 1.59. The number of nitrogens with zero attached hydrogens (tertiary/aromatic N) is 5. The number of aromatic nitrogens is 2. The summed E-state index contributed by atoms with van der Waals surface area (Å²) in [6, 6.07) is 3.55. The van der Waals surface area contributed by atoms with Crippen LogP contribution in [-0.2, 0) is 0 Å². The highest BCUT2D eigenvalue weighted by atomic mass is 32.1. The van der Waals surface area contributed by atoms with Gasteiger partial charge in [-0.05, 0) is 13.0 Å². The minimum atomic E-state index is -0.923. The highest BCUT2D eigenvalue weighted by molar-refractivity contribution is 7.18. The lowest BCUT2D eigenvalue weighted by molar-refractivity contribution is -0.385. The Kier molecular flexibility index (Phi) is 4.34. The summed E-state index contributed by atoms with van der Waals surface area (Å²) in [5.41, 5.74) is -0.817. The summed E-state index contributed by atoms with van der Waals surface area (Å²) in [7, 11) is 0. The van der Waals surface area contributed by atoms with E-state index in [0.29, 0.717) is 26.2 Å². The van der Waals surface area contributed by atoms with Crippen LogP contribution in [-0.4, -0.2) is 41.1 Å². The minimum absolute atomic E-state index is 0.223. The fourth-order valence-electron chi connectivity index (χ4n) is 3.32.